The van der Waals surface area contributed by atoms with Crippen molar-refractivity contribution in [3.63, 3.8) is 0 Å². The topological polar surface area (TPSA) is 108 Å². The first-order valence-electron chi connectivity index (χ1n) is 4.58. The molecule has 0 aliphatic carbocycles. The van der Waals surface area contributed by atoms with E-state index >= 15 is 0 Å². The molecule has 2 heterocycles. The Labute approximate surface area is 94.4 Å². The van der Waals surface area contributed by atoms with Crippen LogP contribution >= 0.6 is 11.5 Å². The minimum absolute atomic E-state index is 0.0517. The van der Waals surface area contributed by atoms with Gasteiger partial charge in [-0.2, -0.15) is 0 Å². The maximum absolute atomic E-state index is 11.5. The molecule has 16 heavy (non-hydrogen) atoms. The van der Waals surface area contributed by atoms with Gasteiger partial charge in [-0.15, -0.1) is 0 Å². The molecule has 86 valence electrons. The molecular weight excluding hydrogens is 234 g/mol. The minimum atomic E-state index is -0.835. The third-order valence-electron chi connectivity index (χ3n) is 2.22. The van der Waals surface area contributed by atoms with E-state index in [4.69, 9.17) is 5.11 Å². The highest BCUT2D eigenvalue weighted by Crippen LogP contribution is 2.20. The molecular formula is C7H9N5O3S. The number of amides is 2. The molecule has 2 rings (SSSR count). The van der Waals surface area contributed by atoms with E-state index in [-0.39, 0.29) is 18.4 Å². The maximum Gasteiger partial charge on any atom is 0.323 e. The monoisotopic (exact) mass is 243 g/mol. The van der Waals surface area contributed by atoms with Gasteiger partial charge in [-0.3, -0.25) is 10.1 Å². The molecule has 1 aliphatic heterocycles. The van der Waals surface area contributed by atoms with Crippen LogP contribution in [0.4, 0.5) is 9.93 Å². The predicted molar refractivity (Wildman–Crippen MR) is 54.0 cm³/mol. The van der Waals surface area contributed by atoms with E-state index in [0.717, 1.165) is 11.5 Å². The largest absolute Gasteiger partial charge is 0.481 e. The lowest BCUT2D eigenvalue weighted by molar-refractivity contribution is -0.139. The number of carbonyl (C=O) groups is 2. The van der Waals surface area contributed by atoms with E-state index in [1.54, 1.807) is 0 Å². The summed E-state index contributed by atoms with van der Waals surface area (Å²) in [6, 6.07) is -0.291. The number of urea groups is 1. The zero-order valence-corrected chi connectivity index (χ0v) is 8.98. The first-order chi connectivity index (χ1) is 7.65. The Morgan fingerprint density at radius 3 is 2.88 bits per heavy atom. The second-order valence-corrected chi connectivity index (χ2v) is 4.20. The highest BCUT2D eigenvalue weighted by Gasteiger charge is 2.32. The molecule has 1 aromatic heterocycles. The van der Waals surface area contributed by atoms with Crippen molar-refractivity contribution in [1.82, 2.24) is 19.7 Å². The average Bonchev–Trinajstić information content (AvgIpc) is 2.62. The molecule has 0 atom stereocenters. The van der Waals surface area contributed by atoms with Gasteiger partial charge in [0, 0.05) is 30.5 Å². The summed E-state index contributed by atoms with van der Waals surface area (Å²) in [7, 11) is 0. The zero-order chi connectivity index (χ0) is 11.5. The van der Waals surface area contributed by atoms with Gasteiger partial charge in [0.25, 0.3) is 0 Å². The second-order valence-electron chi connectivity index (χ2n) is 3.47. The van der Waals surface area contributed by atoms with Crippen LogP contribution in [0.15, 0.2) is 0 Å². The van der Waals surface area contributed by atoms with Crippen molar-refractivity contribution in [1.29, 1.82) is 0 Å². The van der Waals surface area contributed by atoms with Crippen molar-refractivity contribution in [3.8, 4) is 0 Å². The lowest BCUT2D eigenvalue weighted by Crippen LogP contribution is -2.52. The number of hydrogen-bond donors (Lipinski definition) is 2. The summed E-state index contributed by atoms with van der Waals surface area (Å²) in [4.78, 5) is 23.4. The first kappa shape index (κ1) is 10.7. The van der Waals surface area contributed by atoms with Crippen LogP contribution in [-0.2, 0) is 4.79 Å². The SMILES string of the molecule is O=C(O)CC1CN(C(=O)Nc2nnns2)C1. The Balaban J connectivity index is 1.75. The summed E-state index contributed by atoms with van der Waals surface area (Å²) in [6.45, 7) is 0.925. The third kappa shape index (κ3) is 2.42. The minimum Gasteiger partial charge on any atom is -0.481 e. The molecule has 2 amide bonds. The number of hydrogen-bond acceptors (Lipinski definition) is 6. The molecule has 0 radical (unpaired) electrons. The van der Waals surface area contributed by atoms with E-state index in [2.05, 4.69) is 20.1 Å². The smallest absolute Gasteiger partial charge is 0.323 e. The number of carbonyl (C=O) groups excluding carboxylic acids is 1. The maximum atomic E-state index is 11.5. The number of likely N-dealkylation sites (tertiary alicyclic amines) is 1. The van der Waals surface area contributed by atoms with Crippen LogP contribution < -0.4 is 5.32 Å². The lowest BCUT2D eigenvalue weighted by Gasteiger charge is -2.37. The highest BCUT2D eigenvalue weighted by molar-refractivity contribution is 7.09. The van der Waals surface area contributed by atoms with Gasteiger partial charge in [0.1, 0.15) is 0 Å². The fourth-order valence-electron chi connectivity index (χ4n) is 1.46. The second kappa shape index (κ2) is 4.39. The van der Waals surface area contributed by atoms with Crippen LogP contribution in [0.25, 0.3) is 0 Å². The fourth-order valence-corrected chi connectivity index (χ4v) is 1.82. The zero-order valence-electron chi connectivity index (χ0n) is 8.16. The van der Waals surface area contributed by atoms with Crippen LogP contribution in [-0.4, -0.2) is 49.9 Å². The van der Waals surface area contributed by atoms with Gasteiger partial charge in [0.15, 0.2) is 0 Å². The van der Waals surface area contributed by atoms with Crippen LogP contribution in [0.2, 0.25) is 0 Å². The van der Waals surface area contributed by atoms with Crippen LogP contribution in [0, 0.1) is 5.92 Å². The molecule has 2 N–H and O–H groups in total. The van der Waals surface area contributed by atoms with Gasteiger partial charge in [-0.25, -0.2) is 4.79 Å². The number of nitrogens with one attached hydrogen (secondary N) is 1. The van der Waals surface area contributed by atoms with E-state index in [0.29, 0.717) is 18.2 Å². The van der Waals surface area contributed by atoms with Gasteiger partial charge < -0.3 is 10.0 Å². The fraction of sp³-hybridized carbons (Fsp3) is 0.571. The van der Waals surface area contributed by atoms with Crippen molar-refractivity contribution < 1.29 is 14.7 Å². The van der Waals surface area contributed by atoms with E-state index in [9.17, 15) is 9.59 Å². The molecule has 9 heteroatoms. The van der Waals surface area contributed by atoms with Crippen molar-refractivity contribution in [2.45, 2.75) is 6.42 Å². The number of rotatable bonds is 3. The van der Waals surface area contributed by atoms with E-state index < -0.39 is 5.97 Å². The summed E-state index contributed by atoms with van der Waals surface area (Å²) < 4.78 is 3.50. The van der Waals surface area contributed by atoms with Crippen LogP contribution in [0.3, 0.4) is 0 Å². The van der Waals surface area contributed by atoms with Gasteiger partial charge in [0.2, 0.25) is 5.13 Å². The quantitative estimate of drug-likeness (QED) is 0.765. The molecule has 0 saturated carbocycles. The van der Waals surface area contributed by atoms with Crippen molar-refractivity contribution in [3.05, 3.63) is 0 Å². The summed E-state index contributed by atoms with van der Waals surface area (Å²) in [5.41, 5.74) is 0. The number of aromatic nitrogens is 3. The van der Waals surface area contributed by atoms with Crippen LogP contribution in [0.5, 0.6) is 0 Å². The summed E-state index contributed by atoms with van der Waals surface area (Å²) in [6.07, 6.45) is 0.101. The number of nitrogens with zero attached hydrogens (tertiary/aromatic N) is 4. The number of anilines is 1. The normalized spacial score (nSPS) is 15.6. The van der Waals surface area contributed by atoms with E-state index in [1.807, 2.05) is 0 Å². The Hall–Kier alpha value is -1.77. The number of carboxylic acids is 1. The molecule has 0 spiro atoms. The van der Waals surface area contributed by atoms with Gasteiger partial charge >= 0.3 is 12.0 Å². The Kier molecular flexibility index (Phi) is 2.95. The Morgan fingerprint density at radius 1 is 1.56 bits per heavy atom. The Morgan fingerprint density at radius 2 is 2.31 bits per heavy atom. The molecule has 1 aromatic rings. The van der Waals surface area contributed by atoms with Gasteiger partial charge in [-0.05, 0) is 5.21 Å². The molecule has 1 aliphatic rings. The molecule has 0 unspecified atom stereocenters. The number of aliphatic carboxylic acids is 1. The van der Waals surface area contributed by atoms with Gasteiger partial charge in [0.05, 0.1) is 6.42 Å². The Bertz CT molecular complexity index is 389. The van der Waals surface area contributed by atoms with Crippen molar-refractivity contribution in [2.75, 3.05) is 18.4 Å². The van der Waals surface area contributed by atoms with E-state index in [1.165, 1.54) is 4.90 Å². The predicted octanol–water partition coefficient (Wildman–Crippen LogP) is -0.129. The van der Waals surface area contributed by atoms with Crippen LogP contribution in [0.1, 0.15) is 6.42 Å². The summed E-state index contributed by atoms with van der Waals surface area (Å²) in [5, 5.41) is 18.3. The number of carboxylic acid groups (broad SMARTS) is 1. The molecule has 0 aromatic carbocycles. The molecule has 1 saturated heterocycles. The standard InChI is InChI=1S/C7H9N5O3S/c13-5(14)1-4-2-12(3-4)7(15)8-6-9-10-11-16-6/h4H,1-3H2,(H,13,14)(H,8,9,11,15). The summed E-state index contributed by atoms with van der Waals surface area (Å²) >= 11 is 0.990. The molecule has 0 bridgehead atoms. The third-order valence-corrected chi connectivity index (χ3v) is 2.73. The summed E-state index contributed by atoms with van der Waals surface area (Å²) in [5.74, 6) is -0.783. The molecule has 1 fully saturated rings. The van der Waals surface area contributed by atoms with Crippen molar-refractivity contribution in [2.24, 2.45) is 5.92 Å². The highest BCUT2D eigenvalue weighted by atomic mass is 32.1. The molecule has 8 nitrogen and oxygen atoms in total. The van der Waals surface area contributed by atoms with Gasteiger partial charge in [-0.1, -0.05) is 9.59 Å². The lowest BCUT2D eigenvalue weighted by atomic mass is 9.97. The van der Waals surface area contributed by atoms with Crippen molar-refractivity contribution >= 4 is 28.7 Å². The first-order valence-corrected chi connectivity index (χ1v) is 5.35. The average molecular weight is 243 g/mol.